The number of ether oxygens (including phenoxy) is 1. The van der Waals surface area contributed by atoms with E-state index in [0.29, 0.717) is 6.42 Å². The highest BCUT2D eigenvalue weighted by Crippen LogP contribution is 2.37. The summed E-state index contributed by atoms with van der Waals surface area (Å²) in [5, 5.41) is 3.36. The Morgan fingerprint density at radius 1 is 1.35 bits per heavy atom. The Bertz CT molecular complexity index is 427. The standard InChI is InChI=1S/C17H26FNO/c1-13-8-10-17(20-3,11-9-13)16(19-2)12-14-6-4-5-7-15(14)18/h4-7,13,16,19H,8-12H2,1-3H3. The molecule has 1 aliphatic carbocycles. The molecule has 0 bridgehead atoms. The van der Waals surface area contributed by atoms with Crippen LogP contribution in [-0.4, -0.2) is 25.8 Å². The molecule has 1 unspecified atom stereocenters. The Labute approximate surface area is 121 Å². The number of likely N-dealkylation sites (N-methyl/N-ethyl adjacent to an activating group) is 1. The van der Waals surface area contributed by atoms with Gasteiger partial charge < -0.3 is 10.1 Å². The Balaban J connectivity index is 2.16. The van der Waals surface area contributed by atoms with E-state index in [1.54, 1.807) is 13.2 Å². The van der Waals surface area contributed by atoms with Gasteiger partial charge >= 0.3 is 0 Å². The number of benzene rings is 1. The van der Waals surface area contributed by atoms with Crippen LogP contribution in [0.3, 0.4) is 0 Å². The number of hydrogen-bond donors (Lipinski definition) is 1. The molecule has 1 N–H and O–H groups in total. The molecule has 0 aromatic heterocycles. The van der Waals surface area contributed by atoms with E-state index in [4.69, 9.17) is 4.74 Å². The molecule has 112 valence electrons. The molecule has 20 heavy (non-hydrogen) atoms. The van der Waals surface area contributed by atoms with Crippen molar-refractivity contribution in [1.82, 2.24) is 5.32 Å². The van der Waals surface area contributed by atoms with E-state index in [-0.39, 0.29) is 17.5 Å². The number of methoxy groups -OCH3 is 1. The van der Waals surface area contributed by atoms with Crippen molar-refractivity contribution in [2.45, 2.75) is 50.7 Å². The zero-order chi connectivity index (χ0) is 14.6. The van der Waals surface area contributed by atoms with Crippen LogP contribution in [0.15, 0.2) is 24.3 Å². The van der Waals surface area contributed by atoms with Gasteiger partial charge in [-0.2, -0.15) is 0 Å². The molecule has 1 atom stereocenters. The van der Waals surface area contributed by atoms with Gasteiger partial charge in [-0.1, -0.05) is 25.1 Å². The fourth-order valence-electron chi connectivity index (χ4n) is 3.38. The smallest absolute Gasteiger partial charge is 0.126 e. The lowest BCUT2D eigenvalue weighted by molar-refractivity contribution is -0.0731. The van der Waals surface area contributed by atoms with Crippen LogP contribution in [0.1, 0.15) is 38.2 Å². The highest BCUT2D eigenvalue weighted by Gasteiger charge is 2.40. The van der Waals surface area contributed by atoms with Crippen molar-refractivity contribution in [1.29, 1.82) is 0 Å². The second-order valence-corrected chi connectivity index (χ2v) is 6.09. The Hall–Kier alpha value is -0.930. The number of nitrogens with one attached hydrogen (secondary N) is 1. The second-order valence-electron chi connectivity index (χ2n) is 6.09. The van der Waals surface area contributed by atoms with Gasteiger partial charge in [0, 0.05) is 13.2 Å². The average Bonchev–Trinajstić information content (AvgIpc) is 2.48. The maximum Gasteiger partial charge on any atom is 0.126 e. The maximum absolute atomic E-state index is 13.9. The van der Waals surface area contributed by atoms with Gasteiger partial charge in [0.05, 0.1) is 5.60 Å². The third-order valence-electron chi connectivity index (χ3n) is 4.89. The molecule has 2 nitrogen and oxygen atoms in total. The summed E-state index contributed by atoms with van der Waals surface area (Å²) in [6.45, 7) is 2.30. The lowest BCUT2D eigenvalue weighted by Crippen LogP contribution is -2.54. The van der Waals surface area contributed by atoms with Crippen molar-refractivity contribution in [2.75, 3.05) is 14.2 Å². The van der Waals surface area contributed by atoms with Crippen LogP contribution in [-0.2, 0) is 11.2 Å². The lowest BCUT2D eigenvalue weighted by Gasteiger charge is -2.44. The fraction of sp³-hybridized carbons (Fsp3) is 0.647. The third-order valence-corrected chi connectivity index (χ3v) is 4.89. The molecule has 2 rings (SSSR count). The molecular formula is C17H26FNO. The van der Waals surface area contributed by atoms with Gasteiger partial charge in [-0.15, -0.1) is 0 Å². The van der Waals surface area contributed by atoms with Crippen LogP contribution < -0.4 is 5.32 Å². The molecule has 0 aliphatic heterocycles. The predicted octanol–water partition coefficient (Wildman–Crippen LogP) is 3.55. The summed E-state index contributed by atoms with van der Waals surface area (Å²) in [6.07, 6.45) is 5.13. The van der Waals surface area contributed by atoms with E-state index in [9.17, 15) is 4.39 Å². The molecule has 3 heteroatoms. The second kappa shape index (κ2) is 6.68. The van der Waals surface area contributed by atoms with Crippen LogP contribution in [0.5, 0.6) is 0 Å². The first-order chi connectivity index (χ1) is 9.61. The zero-order valence-electron chi connectivity index (χ0n) is 12.8. The fourth-order valence-corrected chi connectivity index (χ4v) is 3.38. The molecule has 1 aromatic carbocycles. The van der Waals surface area contributed by atoms with Gasteiger partial charge in [0.15, 0.2) is 0 Å². The Morgan fingerprint density at radius 3 is 2.55 bits per heavy atom. The summed E-state index contributed by atoms with van der Waals surface area (Å²) in [6, 6.07) is 7.19. The molecule has 0 spiro atoms. The number of rotatable bonds is 5. The molecule has 0 heterocycles. The van der Waals surface area contributed by atoms with Crippen molar-refractivity contribution < 1.29 is 9.13 Å². The van der Waals surface area contributed by atoms with Crippen molar-refractivity contribution >= 4 is 0 Å². The van der Waals surface area contributed by atoms with Gasteiger partial charge in [-0.3, -0.25) is 0 Å². The minimum Gasteiger partial charge on any atom is -0.377 e. The first kappa shape index (κ1) is 15.5. The van der Waals surface area contributed by atoms with E-state index in [1.807, 2.05) is 19.2 Å². The summed E-state index contributed by atoms with van der Waals surface area (Å²) in [4.78, 5) is 0. The highest BCUT2D eigenvalue weighted by molar-refractivity contribution is 5.19. The summed E-state index contributed by atoms with van der Waals surface area (Å²) < 4.78 is 19.8. The Kier molecular flexibility index (Phi) is 5.17. The third kappa shape index (κ3) is 3.21. The first-order valence-electron chi connectivity index (χ1n) is 7.57. The van der Waals surface area contributed by atoms with E-state index < -0.39 is 0 Å². The molecule has 0 radical (unpaired) electrons. The SMILES string of the molecule is CNC(Cc1ccccc1F)C1(OC)CCC(C)CC1. The highest BCUT2D eigenvalue weighted by atomic mass is 19.1. The summed E-state index contributed by atoms with van der Waals surface area (Å²) >= 11 is 0. The monoisotopic (exact) mass is 279 g/mol. The normalized spacial score (nSPS) is 28.3. The molecular weight excluding hydrogens is 253 g/mol. The molecule has 1 fully saturated rings. The maximum atomic E-state index is 13.9. The quantitative estimate of drug-likeness (QED) is 0.890. The molecule has 1 aliphatic rings. The van der Waals surface area contributed by atoms with Crippen molar-refractivity contribution in [3.05, 3.63) is 35.6 Å². The molecule has 1 saturated carbocycles. The van der Waals surface area contributed by atoms with E-state index in [1.165, 1.54) is 18.9 Å². The van der Waals surface area contributed by atoms with Crippen LogP contribution >= 0.6 is 0 Å². The van der Waals surface area contributed by atoms with Gasteiger partial charge in [0.1, 0.15) is 5.82 Å². The summed E-state index contributed by atoms with van der Waals surface area (Å²) in [7, 11) is 3.74. The average molecular weight is 279 g/mol. The van der Waals surface area contributed by atoms with Crippen LogP contribution in [0.4, 0.5) is 4.39 Å². The Morgan fingerprint density at radius 2 is 2.00 bits per heavy atom. The largest absolute Gasteiger partial charge is 0.377 e. The minimum absolute atomic E-state index is 0.122. The molecule has 1 aromatic rings. The van der Waals surface area contributed by atoms with Gasteiger partial charge in [0.2, 0.25) is 0 Å². The van der Waals surface area contributed by atoms with E-state index in [0.717, 1.165) is 24.3 Å². The summed E-state index contributed by atoms with van der Waals surface area (Å²) in [5.74, 6) is 0.646. The van der Waals surface area contributed by atoms with Gasteiger partial charge in [0.25, 0.3) is 0 Å². The molecule has 0 saturated heterocycles. The predicted molar refractivity (Wildman–Crippen MR) is 80.3 cm³/mol. The van der Waals surface area contributed by atoms with E-state index >= 15 is 0 Å². The minimum atomic E-state index is -0.163. The van der Waals surface area contributed by atoms with Crippen molar-refractivity contribution in [2.24, 2.45) is 5.92 Å². The van der Waals surface area contributed by atoms with Crippen LogP contribution in [0, 0.1) is 11.7 Å². The summed E-state index contributed by atoms with van der Waals surface area (Å²) in [5.41, 5.74) is 0.602. The van der Waals surface area contributed by atoms with Gasteiger partial charge in [-0.05, 0) is 56.7 Å². The zero-order valence-corrected chi connectivity index (χ0v) is 12.8. The van der Waals surface area contributed by atoms with Crippen LogP contribution in [0.2, 0.25) is 0 Å². The number of halogens is 1. The van der Waals surface area contributed by atoms with Gasteiger partial charge in [-0.25, -0.2) is 4.39 Å². The van der Waals surface area contributed by atoms with Crippen LogP contribution in [0.25, 0.3) is 0 Å². The topological polar surface area (TPSA) is 21.3 Å². The lowest BCUT2D eigenvalue weighted by atomic mass is 9.74. The van der Waals surface area contributed by atoms with Crippen molar-refractivity contribution in [3.63, 3.8) is 0 Å². The first-order valence-corrected chi connectivity index (χ1v) is 7.57. The molecule has 0 amide bonds. The van der Waals surface area contributed by atoms with Crippen molar-refractivity contribution in [3.8, 4) is 0 Å². The number of hydrogen-bond acceptors (Lipinski definition) is 2. The van der Waals surface area contributed by atoms with E-state index in [2.05, 4.69) is 12.2 Å².